The second kappa shape index (κ2) is 6.92. The van der Waals surface area contributed by atoms with Gasteiger partial charge in [0.2, 0.25) is 0 Å². The van der Waals surface area contributed by atoms with Crippen molar-refractivity contribution in [3.63, 3.8) is 0 Å². The molecule has 0 aliphatic carbocycles. The Kier molecular flexibility index (Phi) is 4.53. The first-order chi connectivity index (χ1) is 13.8. The minimum Gasteiger partial charge on any atom is -0.503 e. The highest BCUT2D eigenvalue weighted by atomic mass is 16.3. The van der Waals surface area contributed by atoms with Gasteiger partial charge < -0.3 is 9.67 Å². The standard InChI is InChI=1S/C24H24N2O3/c1-5-20(27)21-22(18-13-25(4)19-9-7-6-8-17(18)19)26(24(29)23(21)28)16-11-14(2)10-15(3)12-16/h6-13,22,28H,5H2,1-4H3. The highest BCUT2D eigenvalue weighted by Crippen LogP contribution is 2.44. The molecule has 148 valence electrons. The van der Waals surface area contributed by atoms with Gasteiger partial charge in [-0.2, -0.15) is 0 Å². The molecule has 4 rings (SSSR count). The third kappa shape index (κ3) is 2.94. The molecule has 1 aromatic heterocycles. The van der Waals surface area contributed by atoms with Crippen molar-refractivity contribution < 1.29 is 14.7 Å². The third-order valence-electron chi connectivity index (χ3n) is 5.54. The van der Waals surface area contributed by atoms with Crippen LogP contribution in [0.2, 0.25) is 0 Å². The van der Waals surface area contributed by atoms with Crippen LogP contribution >= 0.6 is 0 Å². The molecule has 2 heterocycles. The van der Waals surface area contributed by atoms with Gasteiger partial charge in [-0.15, -0.1) is 0 Å². The molecular weight excluding hydrogens is 364 g/mol. The smallest absolute Gasteiger partial charge is 0.294 e. The number of nitrogens with zero attached hydrogens (tertiary/aromatic N) is 2. The van der Waals surface area contributed by atoms with Crippen LogP contribution in [-0.2, 0) is 16.6 Å². The number of Topliss-reactive ketones (excluding diaryl/α,β-unsaturated/α-hetero) is 1. The van der Waals surface area contributed by atoms with Crippen molar-refractivity contribution in [1.82, 2.24) is 4.57 Å². The maximum absolute atomic E-state index is 13.1. The number of aliphatic hydroxyl groups is 1. The Bertz CT molecular complexity index is 1170. The van der Waals surface area contributed by atoms with Crippen LogP contribution in [0.5, 0.6) is 0 Å². The van der Waals surface area contributed by atoms with E-state index < -0.39 is 17.7 Å². The number of aliphatic hydroxyl groups excluding tert-OH is 1. The molecule has 0 spiro atoms. The van der Waals surface area contributed by atoms with E-state index in [1.54, 1.807) is 11.8 Å². The van der Waals surface area contributed by atoms with Crippen LogP contribution in [0.1, 0.15) is 36.1 Å². The Labute approximate surface area is 169 Å². The van der Waals surface area contributed by atoms with Crippen LogP contribution in [0, 0.1) is 13.8 Å². The Morgan fingerprint density at radius 1 is 1.10 bits per heavy atom. The fraction of sp³-hybridized carbons (Fsp3) is 0.250. The van der Waals surface area contributed by atoms with Gasteiger partial charge in [-0.1, -0.05) is 31.2 Å². The van der Waals surface area contributed by atoms with Crippen molar-refractivity contribution in [3.05, 3.63) is 76.7 Å². The molecule has 0 saturated heterocycles. The fourth-order valence-electron chi connectivity index (χ4n) is 4.32. The van der Waals surface area contributed by atoms with Crippen molar-refractivity contribution in [3.8, 4) is 0 Å². The van der Waals surface area contributed by atoms with Crippen LogP contribution in [0.4, 0.5) is 5.69 Å². The molecule has 5 heteroatoms. The number of anilines is 1. The predicted molar refractivity (Wildman–Crippen MR) is 114 cm³/mol. The Balaban J connectivity index is 2.00. The largest absolute Gasteiger partial charge is 0.503 e. The lowest BCUT2D eigenvalue weighted by Crippen LogP contribution is -2.31. The molecule has 3 aromatic rings. The summed E-state index contributed by atoms with van der Waals surface area (Å²) in [6, 6.07) is 13.1. The molecule has 1 atom stereocenters. The number of hydrogen-bond acceptors (Lipinski definition) is 3. The van der Waals surface area contributed by atoms with Gasteiger partial charge in [0, 0.05) is 41.8 Å². The molecule has 1 N–H and O–H groups in total. The third-order valence-corrected chi connectivity index (χ3v) is 5.54. The van der Waals surface area contributed by atoms with Crippen molar-refractivity contribution in [2.45, 2.75) is 33.2 Å². The average Bonchev–Trinajstić information content (AvgIpc) is 3.15. The number of hydrogen-bond donors (Lipinski definition) is 1. The molecule has 1 aliphatic heterocycles. The lowest BCUT2D eigenvalue weighted by molar-refractivity contribution is -0.118. The van der Waals surface area contributed by atoms with Crippen molar-refractivity contribution in [2.75, 3.05) is 4.90 Å². The highest BCUT2D eigenvalue weighted by molar-refractivity contribution is 6.17. The summed E-state index contributed by atoms with van der Waals surface area (Å²) in [6.07, 6.45) is 2.16. The van der Waals surface area contributed by atoms with Gasteiger partial charge in [-0.05, 0) is 43.2 Å². The van der Waals surface area contributed by atoms with Crippen LogP contribution in [-0.4, -0.2) is 21.4 Å². The first-order valence-electron chi connectivity index (χ1n) is 9.75. The van der Waals surface area contributed by atoms with Crippen molar-refractivity contribution in [2.24, 2.45) is 7.05 Å². The molecule has 29 heavy (non-hydrogen) atoms. The second-order valence-electron chi connectivity index (χ2n) is 7.68. The van der Waals surface area contributed by atoms with E-state index in [1.807, 2.05) is 74.1 Å². The average molecular weight is 388 g/mol. The molecule has 5 nitrogen and oxygen atoms in total. The number of carbonyl (C=O) groups is 2. The Morgan fingerprint density at radius 3 is 2.41 bits per heavy atom. The van der Waals surface area contributed by atoms with E-state index in [0.29, 0.717) is 5.69 Å². The van der Waals surface area contributed by atoms with Crippen LogP contribution in [0.3, 0.4) is 0 Å². The van der Waals surface area contributed by atoms with Gasteiger partial charge in [0.15, 0.2) is 11.5 Å². The molecule has 1 unspecified atom stereocenters. The number of benzene rings is 2. The topological polar surface area (TPSA) is 62.5 Å². The summed E-state index contributed by atoms with van der Waals surface area (Å²) >= 11 is 0. The van der Waals surface area contributed by atoms with Gasteiger partial charge in [-0.25, -0.2) is 0 Å². The zero-order valence-corrected chi connectivity index (χ0v) is 17.1. The summed E-state index contributed by atoms with van der Waals surface area (Å²) in [7, 11) is 1.94. The van der Waals surface area contributed by atoms with E-state index in [2.05, 4.69) is 0 Å². The maximum atomic E-state index is 13.1. The van der Waals surface area contributed by atoms with Gasteiger partial charge in [0.1, 0.15) is 0 Å². The zero-order chi connectivity index (χ0) is 20.9. The number of carbonyl (C=O) groups excluding carboxylic acids is 2. The zero-order valence-electron chi connectivity index (χ0n) is 17.1. The van der Waals surface area contributed by atoms with Crippen LogP contribution < -0.4 is 4.90 Å². The maximum Gasteiger partial charge on any atom is 0.294 e. The summed E-state index contributed by atoms with van der Waals surface area (Å²) in [5.74, 6) is -1.21. The molecule has 2 aromatic carbocycles. The first-order valence-corrected chi connectivity index (χ1v) is 9.75. The van der Waals surface area contributed by atoms with E-state index in [-0.39, 0.29) is 17.8 Å². The van der Waals surface area contributed by atoms with Crippen LogP contribution in [0.25, 0.3) is 10.9 Å². The lowest BCUT2D eigenvalue weighted by atomic mass is 9.94. The molecular formula is C24H24N2O3. The van der Waals surface area contributed by atoms with E-state index >= 15 is 0 Å². The number of rotatable bonds is 4. The van der Waals surface area contributed by atoms with E-state index in [1.165, 1.54) is 0 Å². The second-order valence-corrected chi connectivity index (χ2v) is 7.68. The molecule has 0 bridgehead atoms. The molecule has 0 fully saturated rings. The fourth-order valence-corrected chi connectivity index (χ4v) is 4.32. The first kappa shape index (κ1) is 19.0. The van der Waals surface area contributed by atoms with Crippen molar-refractivity contribution in [1.29, 1.82) is 0 Å². The predicted octanol–water partition coefficient (Wildman–Crippen LogP) is 4.67. The molecule has 0 radical (unpaired) electrons. The quantitative estimate of drug-likeness (QED) is 0.706. The normalized spacial score (nSPS) is 16.9. The number of aromatic nitrogens is 1. The molecule has 0 saturated carbocycles. The number of fused-ring (bicyclic) bond motifs is 1. The van der Waals surface area contributed by atoms with E-state index in [4.69, 9.17) is 0 Å². The number of ketones is 1. The number of aryl methyl sites for hydroxylation is 3. The lowest BCUT2D eigenvalue weighted by Gasteiger charge is -2.27. The molecule has 1 amide bonds. The summed E-state index contributed by atoms with van der Waals surface area (Å²) in [6.45, 7) is 5.68. The summed E-state index contributed by atoms with van der Waals surface area (Å²) < 4.78 is 1.98. The Hall–Kier alpha value is -3.34. The minimum absolute atomic E-state index is 0.174. The minimum atomic E-state index is -0.665. The van der Waals surface area contributed by atoms with E-state index in [9.17, 15) is 14.7 Å². The highest BCUT2D eigenvalue weighted by Gasteiger charge is 2.44. The number of amides is 1. The Morgan fingerprint density at radius 2 is 1.76 bits per heavy atom. The van der Waals surface area contributed by atoms with E-state index in [0.717, 1.165) is 27.6 Å². The van der Waals surface area contributed by atoms with Gasteiger partial charge in [-0.3, -0.25) is 14.5 Å². The summed E-state index contributed by atoms with van der Waals surface area (Å²) in [4.78, 5) is 27.5. The SMILES string of the molecule is CCC(=O)C1=C(O)C(=O)N(c2cc(C)cc(C)c2)C1c1cn(C)c2ccccc12. The van der Waals surface area contributed by atoms with Gasteiger partial charge >= 0.3 is 0 Å². The summed E-state index contributed by atoms with van der Waals surface area (Å²) in [5.41, 5.74) is 4.71. The van der Waals surface area contributed by atoms with Crippen molar-refractivity contribution >= 4 is 28.3 Å². The summed E-state index contributed by atoms with van der Waals surface area (Å²) in [5, 5.41) is 11.7. The van der Waals surface area contributed by atoms with Gasteiger partial charge in [0.05, 0.1) is 11.6 Å². The number of para-hydroxylation sites is 1. The monoisotopic (exact) mass is 388 g/mol. The van der Waals surface area contributed by atoms with Crippen LogP contribution in [0.15, 0.2) is 60.0 Å². The molecule has 1 aliphatic rings. The van der Waals surface area contributed by atoms with Gasteiger partial charge in [0.25, 0.3) is 5.91 Å².